The Morgan fingerprint density at radius 2 is 1.40 bits per heavy atom. The SMILES string of the molecule is [CH-]=C(C)C.[Na+]. The Bertz CT molecular complexity index is 26.6. The first-order valence-electron chi connectivity index (χ1n) is 1.29. The van der Waals surface area contributed by atoms with Gasteiger partial charge in [0.1, 0.15) is 0 Å². The first-order chi connectivity index (χ1) is 1.73. The van der Waals surface area contributed by atoms with Crippen molar-refractivity contribution in [2.75, 3.05) is 0 Å². The predicted molar refractivity (Wildman–Crippen MR) is 19.2 cm³/mol. The van der Waals surface area contributed by atoms with Crippen molar-refractivity contribution in [1.82, 2.24) is 0 Å². The summed E-state index contributed by atoms with van der Waals surface area (Å²) in [5.74, 6) is 0. The van der Waals surface area contributed by atoms with Crippen molar-refractivity contribution in [1.29, 1.82) is 0 Å². The third kappa shape index (κ3) is 65.0. The van der Waals surface area contributed by atoms with E-state index in [0.29, 0.717) is 0 Å². The standard InChI is InChI=1S/C4H7.Na/c1-4(2)3;/h1H,2-3H3;/q-1;+1. The van der Waals surface area contributed by atoms with Gasteiger partial charge in [0.05, 0.1) is 0 Å². The minimum Gasteiger partial charge on any atom is -0.515 e. The fraction of sp³-hybridized carbons (Fsp3) is 0.500. The Morgan fingerprint density at radius 1 is 1.40 bits per heavy atom. The molecule has 0 aliphatic rings. The van der Waals surface area contributed by atoms with E-state index < -0.39 is 0 Å². The van der Waals surface area contributed by atoms with Crippen LogP contribution in [0, 0.1) is 6.58 Å². The number of rotatable bonds is 0. The van der Waals surface area contributed by atoms with Crippen LogP contribution in [0.4, 0.5) is 0 Å². The van der Waals surface area contributed by atoms with Crippen molar-refractivity contribution in [2.45, 2.75) is 13.8 Å². The predicted octanol–water partition coefficient (Wildman–Crippen LogP) is -1.61. The fourth-order valence-corrected chi connectivity index (χ4v) is 0. The number of hydrogen-bond acceptors (Lipinski definition) is 0. The van der Waals surface area contributed by atoms with E-state index in [4.69, 9.17) is 6.58 Å². The average Bonchev–Trinajstić information content (AvgIpc) is 0.811. The van der Waals surface area contributed by atoms with E-state index in [1.165, 1.54) is 0 Å². The molecule has 0 rings (SSSR count). The summed E-state index contributed by atoms with van der Waals surface area (Å²) in [7, 11) is 0. The van der Waals surface area contributed by atoms with E-state index in [0.717, 1.165) is 5.57 Å². The van der Waals surface area contributed by atoms with E-state index in [9.17, 15) is 0 Å². The second-order valence-electron chi connectivity index (χ2n) is 1.08. The zero-order valence-corrected chi connectivity index (χ0v) is 6.08. The molecule has 0 heterocycles. The van der Waals surface area contributed by atoms with Crippen LogP contribution in [0.25, 0.3) is 0 Å². The average molecular weight is 78.1 g/mol. The number of hydrogen-bond donors (Lipinski definition) is 0. The van der Waals surface area contributed by atoms with Crippen LogP contribution in [-0.4, -0.2) is 0 Å². The molecule has 0 spiro atoms. The Balaban J connectivity index is 0. The summed E-state index contributed by atoms with van der Waals surface area (Å²) < 4.78 is 0. The van der Waals surface area contributed by atoms with Gasteiger partial charge in [-0.05, 0) is 0 Å². The molecule has 0 unspecified atom stereocenters. The van der Waals surface area contributed by atoms with Gasteiger partial charge in [0.2, 0.25) is 0 Å². The van der Waals surface area contributed by atoms with Crippen molar-refractivity contribution >= 4 is 0 Å². The Morgan fingerprint density at radius 3 is 1.40 bits per heavy atom. The molecule has 0 amide bonds. The smallest absolute Gasteiger partial charge is 0.515 e. The summed E-state index contributed by atoms with van der Waals surface area (Å²) in [5.41, 5.74) is 0.917. The van der Waals surface area contributed by atoms with Crippen LogP contribution in [0.15, 0.2) is 5.57 Å². The first-order valence-corrected chi connectivity index (χ1v) is 1.29. The first kappa shape index (κ1) is 9.22. The molecule has 0 saturated heterocycles. The van der Waals surface area contributed by atoms with Gasteiger partial charge in [0, 0.05) is 0 Å². The summed E-state index contributed by atoms with van der Waals surface area (Å²) in [6.07, 6.45) is 0. The summed E-state index contributed by atoms with van der Waals surface area (Å²) in [5, 5.41) is 0. The molecule has 0 N–H and O–H groups in total. The van der Waals surface area contributed by atoms with Crippen molar-refractivity contribution in [2.24, 2.45) is 0 Å². The molecule has 0 aromatic heterocycles. The zero-order valence-electron chi connectivity index (χ0n) is 4.08. The Labute approximate surface area is 55.6 Å². The monoisotopic (exact) mass is 78.0 g/mol. The van der Waals surface area contributed by atoms with Crippen LogP contribution in [0.3, 0.4) is 0 Å². The topological polar surface area (TPSA) is 0 Å². The number of allylic oxidation sites excluding steroid dienone is 1. The zero-order chi connectivity index (χ0) is 3.58. The van der Waals surface area contributed by atoms with Gasteiger partial charge in [0.25, 0.3) is 0 Å². The van der Waals surface area contributed by atoms with Crippen LogP contribution >= 0.6 is 0 Å². The maximum absolute atomic E-state index is 5.03. The van der Waals surface area contributed by atoms with Crippen LogP contribution in [0.2, 0.25) is 0 Å². The van der Waals surface area contributed by atoms with Gasteiger partial charge >= 0.3 is 29.6 Å². The molecular weight excluding hydrogens is 71.0 g/mol. The summed E-state index contributed by atoms with van der Waals surface area (Å²) >= 11 is 0. The van der Waals surface area contributed by atoms with Crippen LogP contribution in [0.1, 0.15) is 13.8 Å². The largest absolute Gasteiger partial charge is 1.00 e. The maximum Gasteiger partial charge on any atom is 1.00 e. The summed E-state index contributed by atoms with van der Waals surface area (Å²) in [4.78, 5) is 0. The van der Waals surface area contributed by atoms with E-state index in [-0.39, 0.29) is 29.6 Å². The second-order valence-corrected chi connectivity index (χ2v) is 1.08. The van der Waals surface area contributed by atoms with E-state index in [2.05, 4.69) is 0 Å². The van der Waals surface area contributed by atoms with E-state index in [1.807, 2.05) is 13.8 Å². The normalized spacial score (nSPS) is 5.20. The molecule has 0 aromatic rings. The van der Waals surface area contributed by atoms with E-state index >= 15 is 0 Å². The minimum absolute atomic E-state index is 0. The third-order valence-electron chi connectivity index (χ3n) is 0. The maximum atomic E-state index is 5.03. The molecule has 0 aliphatic carbocycles. The van der Waals surface area contributed by atoms with Gasteiger partial charge in [-0.25, -0.2) is 0 Å². The molecule has 1 heteroatoms. The fourth-order valence-electron chi connectivity index (χ4n) is 0. The Hall–Kier alpha value is 0.740. The quantitative estimate of drug-likeness (QED) is 0.241. The molecule has 0 atom stereocenters. The molecule has 0 radical (unpaired) electrons. The molecule has 0 nitrogen and oxygen atoms in total. The molecule has 0 aromatic carbocycles. The molecule has 24 valence electrons. The van der Waals surface area contributed by atoms with Gasteiger partial charge in [-0.15, -0.1) is 0 Å². The van der Waals surface area contributed by atoms with Crippen LogP contribution in [-0.2, 0) is 0 Å². The minimum atomic E-state index is 0. The van der Waals surface area contributed by atoms with Crippen molar-refractivity contribution in [3.63, 3.8) is 0 Å². The van der Waals surface area contributed by atoms with Crippen LogP contribution < -0.4 is 29.6 Å². The molecule has 0 fully saturated rings. The van der Waals surface area contributed by atoms with Gasteiger partial charge in [-0.2, -0.15) is 0 Å². The van der Waals surface area contributed by atoms with Gasteiger partial charge in [-0.1, -0.05) is 13.8 Å². The molecule has 5 heavy (non-hydrogen) atoms. The van der Waals surface area contributed by atoms with Crippen molar-refractivity contribution in [3.05, 3.63) is 12.2 Å². The summed E-state index contributed by atoms with van der Waals surface area (Å²) in [6, 6.07) is 0. The van der Waals surface area contributed by atoms with Crippen molar-refractivity contribution < 1.29 is 29.6 Å². The van der Waals surface area contributed by atoms with Gasteiger partial charge < -0.3 is 6.58 Å². The van der Waals surface area contributed by atoms with Crippen molar-refractivity contribution in [3.8, 4) is 0 Å². The third-order valence-corrected chi connectivity index (χ3v) is 0. The van der Waals surface area contributed by atoms with E-state index in [1.54, 1.807) is 0 Å². The van der Waals surface area contributed by atoms with Gasteiger partial charge in [0.15, 0.2) is 0 Å². The molecule has 0 saturated carbocycles. The molecule has 0 bridgehead atoms. The Kier molecular flexibility index (Phi) is 8.74. The van der Waals surface area contributed by atoms with Crippen LogP contribution in [0.5, 0.6) is 0 Å². The molecular formula is C4H7Na. The molecule has 0 aliphatic heterocycles. The summed E-state index contributed by atoms with van der Waals surface area (Å²) in [6.45, 7) is 8.75. The van der Waals surface area contributed by atoms with Gasteiger partial charge in [-0.3, -0.25) is 5.57 Å². The second kappa shape index (κ2) is 4.74.